The zero-order chi connectivity index (χ0) is 13.1. The minimum absolute atomic E-state index is 0.0856. The molecule has 1 aliphatic heterocycles. The lowest BCUT2D eigenvalue weighted by Crippen LogP contribution is -2.35. The Hall–Kier alpha value is -1.63. The van der Waals surface area contributed by atoms with E-state index in [-0.39, 0.29) is 10.6 Å². The molecule has 7 nitrogen and oxygen atoms in total. The molecule has 2 heterocycles. The van der Waals surface area contributed by atoms with Gasteiger partial charge in [-0.15, -0.1) is 0 Å². The Kier molecular flexibility index (Phi) is 3.81. The van der Waals surface area contributed by atoms with Crippen molar-refractivity contribution in [2.24, 2.45) is 0 Å². The fourth-order valence-corrected chi connectivity index (χ4v) is 2.29. The highest BCUT2D eigenvalue weighted by Gasteiger charge is 2.26. The van der Waals surface area contributed by atoms with Crippen LogP contribution in [0.1, 0.15) is 31.9 Å². The number of hydrogen-bond donors (Lipinski definition) is 1. The second-order valence-electron chi connectivity index (χ2n) is 4.52. The molecule has 1 aromatic heterocycles. The smallest absolute Gasteiger partial charge is 0.297 e. The molecular weight excluding hydrogens is 234 g/mol. The number of anilines is 1. The fourth-order valence-electron chi connectivity index (χ4n) is 2.29. The van der Waals surface area contributed by atoms with Gasteiger partial charge in [-0.1, -0.05) is 6.42 Å². The number of hydrogen-bond acceptors (Lipinski definition) is 5. The molecule has 1 N–H and O–H groups in total. The molecule has 0 aromatic carbocycles. The monoisotopic (exact) mass is 253 g/mol. The van der Waals surface area contributed by atoms with Gasteiger partial charge in [0.25, 0.3) is 0 Å². The first-order valence-corrected chi connectivity index (χ1v) is 6.37. The molecule has 0 aliphatic carbocycles. The first-order valence-electron chi connectivity index (χ1n) is 6.37. The van der Waals surface area contributed by atoms with E-state index in [2.05, 4.69) is 10.5 Å². The highest BCUT2D eigenvalue weighted by molar-refractivity contribution is 5.59. The molecule has 1 fully saturated rings. The predicted octanol–water partition coefficient (Wildman–Crippen LogP) is 1.93. The summed E-state index contributed by atoms with van der Waals surface area (Å²) >= 11 is 0. The highest BCUT2D eigenvalue weighted by Crippen LogP contribution is 2.29. The maximum absolute atomic E-state index is 11.1. The zero-order valence-electron chi connectivity index (χ0n) is 10.8. The van der Waals surface area contributed by atoms with Crippen molar-refractivity contribution in [2.45, 2.75) is 39.7 Å². The van der Waals surface area contributed by atoms with Crippen molar-refractivity contribution >= 4 is 11.5 Å². The summed E-state index contributed by atoms with van der Waals surface area (Å²) in [5, 5.41) is 17.3. The van der Waals surface area contributed by atoms with Crippen LogP contribution in [0, 0.1) is 17.0 Å². The summed E-state index contributed by atoms with van der Waals surface area (Å²) in [5.74, 6) is 0.502. The minimum Gasteiger partial charge on any atom is -0.297 e. The van der Waals surface area contributed by atoms with Crippen LogP contribution in [0.3, 0.4) is 0 Å². The lowest BCUT2D eigenvalue weighted by molar-refractivity contribution is -0.384. The van der Waals surface area contributed by atoms with Crippen molar-refractivity contribution in [3.05, 3.63) is 15.8 Å². The van der Waals surface area contributed by atoms with Gasteiger partial charge in [0.05, 0.1) is 4.92 Å². The maximum atomic E-state index is 11.1. The van der Waals surface area contributed by atoms with Gasteiger partial charge in [-0.25, -0.2) is 9.69 Å². The Morgan fingerprint density at radius 3 is 2.61 bits per heavy atom. The fraction of sp³-hybridized carbons (Fsp3) is 0.727. The largest absolute Gasteiger partial charge is 0.335 e. The second kappa shape index (κ2) is 5.34. The van der Waals surface area contributed by atoms with Crippen LogP contribution in [-0.2, 0) is 6.54 Å². The molecule has 100 valence electrons. The van der Waals surface area contributed by atoms with Crippen LogP contribution < -0.4 is 5.43 Å². The van der Waals surface area contributed by atoms with Crippen LogP contribution in [-0.4, -0.2) is 32.8 Å². The highest BCUT2D eigenvalue weighted by atomic mass is 16.6. The summed E-state index contributed by atoms with van der Waals surface area (Å²) < 4.78 is 1.65. The first kappa shape index (κ1) is 12.8. The standard InChI is InChI=1S/C11H19N5O2/c1-3-15-11(10(16(17)18)9(2)12-15)13-14-7-5-4-6-8-14/h13H,3-8H2,1-2H3. The molecule has 2 rings (SSSR count). The molecule has 0 unspecified atom stereocenters. The van der Waals surface area contributed by atoms with Gasteiger partial charge in [0.1, 0.15) is 5.69 Å². The minimum atomic E-state index is -0.360. The molecule has 0 spiro atoms. The van der Waals surface area contributed by atoms with Crippen molar-refractivity contribution in [1.29, 1.82) is 0 Å². The Morgan fingerprint density at radius 2 is 2.06 bits per heavy atom. The second-order valence-corrected chi connectivity index (χ2v) is 4.52. The van der Waals surface area contributed by atoms with Crippen molar-refractivity contribution in [3.63, 3.8) is 0 Å². The summed E-state index contributed by atoms with van der Waals surface area (Å²) in [6.45, 7) is 6.06. The molecular formula is C11H19N5O2. The predicted molar refractivity (Wildman–Crippen MR) is 68.3 cm³/mol. The van der Waals surface area contributed by atoms with E-state index in [0.717, 1.165) is 25.9 Å². The average molecular weight is 253 g/mol. The molecule has 1 aliphatic rings. The van der Waals surface area contributed by atoms with Crippen LogP contribution in [0.5, 0.6) is 0 Å². The Bertz CT molecular complexity index is 437. The molecule has 7 heteroatoms. The van der Waals surface area contributed by atoms with Gasteiger partial charge in [-0.2, -0.15) is 5.10 Å². The van der Waals surface area contributed by atoms with E-state index >= 15 is 0 Å². The summed E-state index contributed by atoms with van der Waals surface area (Å²) in [4.78, 5) is 10.7. The zero-order valence-corrected chi connectivity index (χ0v) is 10.8. The SMILES string of the molecule is CCn1nc(C)c([N+](=O)[O-])c1NN1CCCCC1. The molecule has 0 atom stereocenters. The van der Waals surface area contributed by atoms with Crippen LogP contribution in [0.15, 0.2) is 0 Å². The Balaban J connectivity index is 2.26. The van der Waals surface area contributed by atoms with E-state index < -0.39 is 0 Å². The normalized spacial score (nSPS) is 16.8. The Labute approximate surface area is 106 Å². The van der Waals surface area contributed by atoms with Gasteiger partial charge in [-0.05, 0) is 26.7 Å². The first-order chi connectivity index (χ1) is 8.63. The third-order valence-corrected chi connectivity index (χ3v) is 3.20. The summed E-state index contributed by atoms with van der Waals surface area (Å²) in [6.07, 6.45) is 3.48. The number of piperidine rings is 1. The number of nitrogens with zero attached hydrogens (tertiary/aromatic N) is 4. The van der Waals surface area contributed by atoms with Gasteiger partial charge in [-0.3, -0.25) is 15.5 Å². The molecule has 0 saturated carbocycles. The third-order valence-electron chi connectivity index (χ3n) is 3.20. The number of hydrazine groups is 1. The van der Waals surface area contributed by atoms with Gasteiger partial charge >= 0.3 is 5.69 Å². The van der Waals surface area contributed by atoms with Gasteiger partial charge in [0.2, 0.25) is 5.82 Å². The van der Waals surface area contributed by atoms with Crippen molar-refractivity contribution in [2.75, 3.05) is 18.5 Å². The molecule has 18 heavy (non-hydrogen) atoms. The Morgan fingerprint density at radius 1 is 1.39 bits per heavy atom. The summed E-state index contributed by atoms with van der Waals surface area (Å²) in [6, 6.07) is 0. The van der Waals surface area contributed by atoms with E-state index in [9.17, 15) is 10.1 Å². The van der Waals surface area contributed by atoms with Gasteiger partial charge in [0.15, 0.2) is 0 Å². The third kappa shape index (κ3) is 2.45. The lowest BCUT2D eigenvalue weighted by atomic mass is 10.2. The molecule has 0 radical (unpaired) electrons. The number of rotatable bonds is 4. The van der Waals surface area contributed by atoms with E-state index in [0.29, 0.717) is 18.1 Å². The van der Waals surface area contributed by atoms with E-state index in [1.165, 1.54) is 6.42 Å². The molecule has 1 saturated heterocycles. The average Bonchev–Trinajstić information content (AvgIpc) is 2.67. The lowest BCUT2D eigenvalue weighted by Gasteiger charge is -2.27. The molecule has 0 amide bonds. The van der Waals surface area contributed by atoms with Crippen molar-refractivity contribution in [1.82, 2.24) is 14.8 Å². The summed E-state index contributed by atoms with van der Waals surface area (Å²) in [5.41, 5.74) is 3.71. The van der Waals surface area contributed by atoms with E-state index in [1.54, 1.807) is 11.6 Å². The van der Waals surface area contributed by atoms with Crippen LogP contribution in [0.25, 0.3) is 0 Å². The van der Waals surface area contributed by atoms with Gasteiger partial charge < -0.3 is 0 Å². The maximum Gasteiger partial charge on any atom is 0.335 e. The number of aryl methyl sites for hydroxylation is 2. The molecule has 0 bridgehead atoms. The number of nitrogens with one attached hydrogen (secondary N) is 1. The topological polar surface area (TPSA) is 76.2 Å². The number of nitro groups is 1. The van der Waals surface area contributed by atoms with Crippen molar-refractivity contribution < 1.29 is 4.92 Å². The van der Waals surface area contributed by atoms with E-state index in [4.69, 9.17) is 0 Å². The van der Waals surface area contributed by atoms with Crippen LogP contribution >= 0.6 is 0 Å². The number of aromatic nitrogens is 2. The molecule has 1 aromatic rings. The van der Waals surface area contributed by atoms with Crippen LogP contribution in [0.2, 0.25) is 0 Å². The van der Waals surface area contributed by atoms with Crippen molar-refractivity contribution in [3.8, 4) is 0 Å². The summed E-state index contributed by atoms with van der Waals surface area (Å²) in [7, 11) is 0. The van der Waals surface area contributed by atoms with E-state index in [1.807, 2.05) is 11.9 Å². The quantitative estimate of drug-likeness (QED) is 0.655. The van der Waals surface area contributed by atoms with Gasteiger partial charge in [0, 0.05) is 19.6 Å². The van der Waals surface area contributed by atoms with Crippen LogP contribution in [0.4, 0.5) is 11.5 Å².